The molecule has 1 fully saturated rings. The highest BCUT2D eigenvalue weighted by molar-refractivity contribution is 6.08. The first kappa shape index (κ1) is 23.1. The van der Waals surface area contributed by atoms with Gasteiger partial charge in [0.05, 0.1) is 16.2 Å². The molecule has 9 heteroatoms. The fourth-order valence-electron chi connectivity index (χ4n) is 3.45. The molecule has 3 rings (SSSR count). The predicted molar refractivity (Wildman–Crippen MR) is 122 cm³/mol. The van der Waals surface area contributed by atoms with Crippen LogP contribution < -0.4 is 15.0 Å². The first-order chi connectivity index (χ1) is 15.2. The number of likely N-dealkylation sites (N-methyl/N-ethyl adjacent to an activating group) is 1. The lowest BCUT2D eigenvalue weighted by molar-refractivity contribution is -0.384. The molecular weight excluding hydrogens is 412 g/mol. The number of nitrogens with one attached hydrogen (secondary N) is 1. The third kappa shape index (κ3) is 5.75. The van der Waals surface area contributed by atoms with Gasteiger partial charge in [-0.05, 0) is 49.1 Å². The molecule has 0 atom stereocenters. The van der Waals surface area contributed by atoms with E-state index in [9.17, 15) is 19.7 Å². The molecule has 2 amide bonds. The lowest BCUT2D eigenvalue weighted by Gasteiger charge is -2.33. The monoisotopic (exact) mass is 440 g/mol. The Balaban J connectivity index is 1.75. The average molecular weight is 441 g/mol. The van der Waals surface area contributed by atoms with Crippen LogP contribution in [0.2, 0.25) is 0 Å². The minimum absolute atomic E-state index is 0.0792. The number of nitrogens with zero attached hydrogens (tertiary/aromatic N) is 3. The number of rotatable bonds is 7. The molecule has 32 heavy (non-hydrogen) atoms. The number of anilines is 2. The molecule has 0 saturated carbocycles. The Bertz CT molecular complexity index is 982. The second kappa shape index (κ2) is 10.1. The molecule has 1 saturated heterocycles. The number of carbonyl (C=O) groups is 2. The molecule has 1 aliphatic heterocycles. The first-order valence-corrected chi connectivity index (χ1v) is 10.5. The van der Waals surface area contributed by atoms with Gasteiger partial charge in [-0.15, -0.1) is 0 Å². The van der Waals surface area contributed by atoms with E-state index in [1.54, 1.807) is 44.4 Å². The van der Waals surface area contributed by atoms with E-state index in [-0.39, 0.29) is 23.8 Å². The standard InChI is InChI=1S/C23H28N4O5/c1-16-10-12-26(13-11-16)21-9-6-18(27(30)31)14-20(21)23(29)24-17-4-7-19(8-5-17)32-15-22(28)25(2)3/h4-9,14,16H,10-13,15H2,1-3H3,(H,24,29). The predicted octanol–water partition coefficient (Wildman–Crippen LogP) is 3.55. The number of carbonyl (C=O) groups excluding carboxylic acids is 2. The number of hydrogen-bond donors (Lipinski definition) is 1. The summed E-state index contributed by atoms with van der Waals surface area (Å²) in [6, 6.07) is 11.0. The maximum absolute atomic E-state index is 13.0. The zero-order valence-corrected chi connectivity index (χ0v) is 18.5. The molecule has 0 aromatic heterocycles. The van der Waals surface area contributed by atoms with Gasteiger partial charge in [-0.2, -0.15) is 0 Å². The zero-order chi connectivity index (χ0) is 23.3. The summed E-state index contributed by atoms with van der Waals surface area (Å²) in [5.74, 6) is 0.540. The largest absolute Gasteiger partial charge is 0.484 e. The van der Waals surface area contributed by atoms with Crippen molar-refractivity contribution in [2.75, 3.05) is 44.0 Å². The van der Waals surface area contributed by atoms with Gasteiger partial charge in [0.2, 0.25) is 0 Å². The van der Waals surface area contributed by atoms with Crippen LogP contribution in [0, 0.1) is 16.0 Å². The summed E-state index contributed by atoms with van der Waals surface area (Å²) in [6.45, 7) is 3.72. The van der Waals surface area contributed by atoms with Crippen molar-refractivity contribution in [2.24, 2.45) is 5.92 Å². The van der Waals surface area contributed by atoms with Crippen LogP contribution in [0.5, 0.6) is 5.75 Å². The van der Waals surface area contributed by atoms with Crippen LogP contribution in [0.15, 0.2) is 42.5 Å². The van der Waals surface area contributed by atoms with Crippen molar-refractivity contribution in [2.45, 2.75) is 19.8 Å². The van der Waals surface area contributed by atoms with E-state index in [2.05, 4.69) is 17.1 Å². The Morgan fingerprint density at radius 3 is 2.41 bits per heavy atom. The number of hydrogen-bond acceptors (Lipinski definition) is 6. The van der Waals surface area contributed by atoms with Gasteiger partial charge in [-0.1, -0.05) is 6.92 Å². The molecule has 170 valence electrons. The first-order valence-electron chi connectivity index (χ1n) is 10.5. The highest BCUT2D eigenvalue weighted by Crippen LogP contribution is 2.30. The maximum atomic E-state index is 13.0. The fourth-order valence-corrected chi connectivity index (χ4v) is 3.45. The molecule has 1 heterocycles. The zero-order valence-electron chi connectivity index (χ0n) is 18.5. The fraction of sp³-hybridized carbons (Fsp3) is 0.391. The smallest absolute Gasteiger partial charge is 0.270 e. The number of nitro benzene ring substituents is 1. The van der Waals surface area contributed by atoms with Crippen molar-refractivity contribution in [1.82, 2.24) is 4.90 Å². The average Bonchev–Trinajstić information content (AvgIpc) is 2.78. The summed E-state index contributed by atoms with van der Waals surface area (Å²) in [5, 5.41) is 14.1. The van der Waals surface area contributed by atoms with Gasteiger partial charge in [0.15, 0.2) is 6.61 Å². The van der Waals surface area contributed by atoms with Crippen LogP contribution in [0.3, 0.4) is 0 Å². The van der Waals surface area contributed by atoms with E-state index in [0.717, 1.165) is 25.9 Å². The molecule has 1 aliphatic rings. The van der Waals surface area contributed by atoms with Crippen LogP contribution in [0.25, 0.3) is 0 Å². The van der Waals surface area contributed by atoms with Crippen LogP contribution in [0.4, 0.5) is 17.1 Å². The van der Waals surface area contributed by atoms with Crippen molar-refractivity contribution in [3.05, 3.63) is 58.1 Å². The van der Waals surface area contributed by atoms with Gasteiger partial charge >= 0.3 is 0 Å². The highest BCUT2D eigenvalue weighted by atomic mass is 16.6. The molecule has 0 aliphatic carbocycles. The molecule has 0 spiro atoms. The van der Waals surface area contributed by atoms with Crippen LogP contribution in [-0.4, -0.2) is 55.4 Å². The summed E-state index contributed by atoms with van der Waals surface area (Å²) >= 11 is 0. The second-order valence-corrected chi connectivity index (χ2v) is 8.18. The number of nitro groups is 1. The van der Waals surface area contributed by atoms with Crippen molar-refractivity contribution >= 4 is 28.9 Å². The molecular formula is C23H28N4O5. The van der Waals surface area contributed by atoms with E-state index in [1.807, 2.05) is 0 Å². The SMILES string of the molecule is CC1CCN(c2ccc([N+](=O)[O-])cc2C(=O)Nc2ccc(OCC(=O)N(C)C)cc2)CC1. The van der Waals surface area contributed by atoms with Gasteiger partial charge in [0.25, 0.3) is 17.5 Å². The van der Waals surface area contributed by atoms with E-state index >= 15 is 0 Å². The van der Waals surface area contributed by atoms with E-state index in [0.29, 0.717) is 23.0 Å². The molecule has 0 radical (unpaired) electrons. The third-order valence-electron chi connectivity index (χ3n) is 5.53. The van der Waals surface area contributed by atoms with Gasteiger partial charge in [-0.25, -0.2) is 0 Å². The third-order valence-corrected chi connectivity index (χ3v) is 5.53. The Hall–Kier alpha value is -3.62. The second-order valence-electron chi connectivity index (χ2n) is 8.18. The highest BCUT2D eigenvalue weighted by Gasteiger charge is 2.23. The molecule has 0 unspecified atom stereocenters. The molecule has 2 aromatic rings. The van der Waals surface area contributed by atoms with Crippen LogP contribution in [0.1, 0.15) is 30.1 Å². The van der Waals surface area contributed by atoms with Crippen molar-refractivity contribution in [1.29, 1.82) is 0 Å². The van der Waals surface area contributed by atoms with Crippen LogP contribution in [-0.2, 0) is 4.79 Å². The van der Waals surface area contributed by atoms with E-state index in [4.69, 9.17) is 4.74 Å². The summed E-state index contributed by atoms with van der Waals surface area (Å²) in [6.07, 6.45) is 2.02. The van der Waals surface area contributed by atoms with Crippen molar-refractivity contribution < 1.29 is 19.2 Å². The minimum Gasteiger partial charge on any atom is -0.484 e. The number of benzene rings is 2. The summed E-state index contributed by atoms with van der Waals surface area (Å²) in [7, 11) is 3.30. The van der Waals surface area contributed by atoms with Gasteiger partial charge < -0.3 is 19.9 Å². The van der Waals surface area contributed by atoms with Crippen LogP contribution >= 0.6 is 0 Å². The Labute approximate surface area is 187 Å². The summed E-state index contributed by atoms with van der Waals surface area (Å²) in [5.41, 5.74) is 1.36. The van der Waals surface area contributed by atoms with Gasteiger partial charge in [0, 0.05) is 45.0 Å². The Morgan fingerprint density at radius 1 is 1.16 bits per heavy atom. The lowest BCUT2D eigenvalue weighted by Crippen LogP contribution is -2.34. The Morgan fingerprint density at radius 2 is 1.81 bits per heavy atom. The topological polar surface area (TPSA) is 105 Å². The molecule has 0 bridgehead atoms. The quantitative estimate of drug-likeness (QED) is 0.521. The van der Waals surface area contributed by atoms with Crippen molar-refractivity contribution in [3.8, 4) is 5.75 Å². The molecule has 9 nitrogen and oxygen atoms in total. The minimum atomic E-state index is -0.500. The molecule has 1 N–H and O–H groups in total. The molecule has 2 aromatic carbocycles. The number of non-ortho nitro benzene ring substituents is 1. The van der Waals surface area contributed by atoms with E-state index < -0.39 is 10.8 Å². The lowest BCUT2D eigenvalue weighted by atomic mass is 9.98. The van der Waals surface area contributed by atoms with E-state index in [1.165, 1.54) is 17.0 Å². The maximum Gasteiger partial charge on any atom is 0.270 e. The van der Waals surface area contributed by atoms with Crippen molar-refractivity contribution in [3.63, 3.8) is 0 Å². The normalized spacial score (nSPS) is 14.0. The number of ether oxygens (including phenoxy) is 1. The van der Waals surface area contributed by atoms with Gasteiger partial charge in [-0.3, -0.25) is 19.7 Å². The van der Waals surface area contributed by atoms with Gasteiger partial charge in [0.1, 0.15) is 5.75 Å². The summed E-state index contributed by atoms with van der Waals surface area (Å²) in [4.78, 5) is 39.0. The number of piperidine rings is 1. The Kier molecular flexibility index (Phi) is 7.29. The summed E-state index contributed by atoms with van der Waals surface area (Å²) < 4.78 is 5.44. The number of amides is 2.